The fourth-order valence-corrected chi connectivity index (χ4v) is 2.82. The summed E-state index contributed by atoms with van der Waals surface area (Å²) in [6.45, 7) is 5.80. The second kappa shape index (κ2) is 10.3. The molecule has 30 heavy (non-hydrogen) atoms. The second-order valence-electron chi connectivity index (χ2n) is 6.30. The SMILES string of the molecule is CCNC(=O)Nc1cc(Oc2ccc3c(ccn3C(=O)NCCOCC)c2)ccn1. The van der Waals surface area contributed by atoms with E-state index in [-0.39, 0.29) is 12.1 Å². The lowest BCUT2D eigenvalue weighted by molar-refractivity contribution is 0.149. The highest BCUT2D eigenvalue weighted by Gasteiger charge is 2.10. The minimum Gasteiger partial charge on any atom is -0.457 e. The summed E-state index contributed by atoms with van der Waals surface area (Å²) in [5.74, 6) is 1.52. The van der Waals surface area contributed by atoms with Gasteiger partial charge in [-0.15, -0.1) is 0 Å². The molecule has 0 atom stereocenters. The van der Waals surface area contributed by atoms with Gasteiger partial charge in [0.15, 0.2) is 0 Å². The Kier molecular flexibility index (Phi) is 7.23. The summed E-state index contributed by atoms with van der Waals surface area (Å²) in [4.78, 5) is 28.1. The number of anilines is 1. The van der Waals surface area contributed by atoms with E-state index in [9.17, 15) is 9.59 Å². The van der Waals surface area contributed by atoms with Gasteiger partial charge in [0.25, 0.3) is 0 Å². The fraction of sp³-hybridized carbons (Fsp3) is 0.286. The number of hydrogen-bond donors (Lipinski definition) is 3. The van der Waals surface area contributed by atoms with Gasteiger partial charge in [0.2, 0.25) is 0 Å². The third kappa shape index (κ3) is 5.48. The van der Waals surface area contributed by atoms with E-state index < -0.39 is 0 Å². The summed E-state index contributed by atoms with van der Waals surface area (Å²) in [7, 11) is 0. The van der Waals surface area contributed by atoms with Crippen LogP contribution in [-0.2, 0) is 4.74 Å². The molecule has 2 heterocycles. The average Bonchev–Trinajstić information content (AvgIpc) is 3.15. The highest BCUT2D eigenvalue weighted by Crippen LogP contribution is 2.27. The zero-order chi connectivity index (χ0) is 21.3. The lowest BCUT2D eigenvalue weighted by atomic mass is 10.2. The van der Waals surface area contributed by atoms with Gasteiger partial charge in [0.05, 0.1) is 12.1 Å². The van der Waals surface area contributed by atoms with Crippen molar-refractivity contribution < 1.29 is 19.1 Å². The van der Waals surface area contributed by atoms with E-state index in [4.69, 9.17) is 9.47 Å². The zero-order valence-electron chi connectivity index (χ0n) is 17.0. The van der Waals surface area contributed by atoms with E-state index in [1.54, 1.807) is 35.2 Å². The lowest BCUT2D eigenvalue weighted by Gasteiger charge is -2.10. The monoisotopic (exact) mass is 411 g/mol. The van der Waals surface area contributed by atoms with Crippen molar-refractivity contribution in [1.82, 2.24) is 20.2 Å². The number of nitrogens with one attached hydrogen (secondary N) is 3. The van der Waals surface area contributed by atoms with E-state index in [2.05, 4.69) is 20.9 Å². The van der Waals surface area contributed by atoms with Crippen molar-refractivity contribution in [3.8, 4) is 11.5 Å². The summed E-state index contributed by atoms with van der Waals surface area (Å²) >= 11 is 0. The molecular formula is C21H25N5O4. The number of carbonyl (C=O) groups is 2. The Balaban J connectivity index is 1.68. The molecule has 0 radical (unpaired) electrons. The molecule has 0 fully saturated rings. The smallest absolute Gasteiger partial charge is 0.326 e. The molecule has 9 nitrogen and oxygen atoms in total. The molecular weight excluding hydrogens is 386 g/mol. The lowest BCUT2D eigenvalue weighted by Crippen LogP contribution is -2.30. The standard InChI is InChI=1S/C21H25N5O4/c1-3-22-20(27)25-19-14-17(7-9-23-19)30-16-5-6-18-15(13-16)8-11-26(18)21(28)24-10-12-29-4-2/h5-9,11,13-14H,3-4,10,12H2,1-2H3,(H,24,28)(H2,22,23,25,27). The predicted molar refractivity (Wildman–Crippen MR) is 114 cm³/mol. The van der Waals surface area contributed by atoms with Crippen LogP contribution in [0.15, 0.2) is 48.8 Å². The van der Waals surface area contributed by atoms with Gasteiger partial charge in [0.1, 0.15) is 17.3 Å². The number of aromatic nitrogens is 2. The summed E-state index contributed by atoms with van der Waals surface area (Å²) in [6, 6.07) is 10.1. The van der Waals surface area contributed by atoms with Crippen molar-refractivity contribution in [2.45, 2.75) is 13.8 Å². The van der Waals surface area contributed by atoms with Crippen molar-refractivity contribution in [1.29, 1.82) is 0 Å². The van der Waals surface area contributed by atoms with E-state index in [1.807, 2.05) is 32.0 Å². The minimum absolute atomic E-state index is 0.214. The van der Waals surface area contributed by atoms with Crippen molar-refractivity contribution in [3.63, 3.8) is 0 Å². The molecule has 1 aromatic carbocycles. The van der Waals surface area contributed by atoms with Crippen LogP contribution in [0.4, 0.5) is 15.4 Å². The van der Waals surface area contributed by atoms with Gasteiger partial charge < -0.3 is 20.1 Å². The van der Waals surface area contributed by atoms with Gasteiger partial charge in [-0.2, -0.15) is 0 Å². The van der Waals surface area contributed by atoms with Crippen molar-refractivity contribution in [2.24, 2.45) is 0 Å². The Hall–Kier alpha value is -3.59. The van der Waals surface area contributed by atoms with Gasteiger partial charge in [-0.05, 0) is 44.2 Å². The Morgan fingerprint density at radius 1 is 1.07 bits per heavy atom. The molecule has 0 bridgehead atoms. The first-order valence-corrected chi connectivity index (χ1v) is 9.76. The number of carbonyl (C=O) groups excluding carboxylic acids is 2. The number of pyridine rings is 1. The van der Waals surface area contributed by atoms with Crippen LogP contribution in [0.2, 0.25) is 0 Å². The molecule has 3 rings (SSSR count). The highest BCUT2D eigenvalue weighted by atomic mass is 16.5. The van der Waals surface area contributed by atoms with E-state index in [0.717, 1.165) is 10.9 Å². The van der Waals surface area contributed by atoms with Gasteiger partial charge in [-0.25, -0.2) is 14.6 Å². The van der Waals surface area contributed by atoms with Crippen LogP contribution in [0, 0.1) is 0 Å². The second-order valence-corrected chi connectivity index (χ2v) is 6.30. The van der Waals surface area contributed by atoms with Crippen LogP contribution < -0.4 is 20.7 Å². The fourth-order valence-electron chi connectivity index (χ4n) is 2.82. The minimum atomic E-state index is -0.329. The van der Waals surface area contributed by atoms with Crippen molar-refractivity contribution in [3.05, 3.63) is 48.8 Å². The zero-order valence-corrected chi connectivity index (χ0v) is 17.0. The molecule has 3 N–H and O–H groups in total. The van der Waals surface area contributed by atoms with E-state index in [0.29, 0.717) is 43.6 Å². The number of fused-ring (bicyclic) bond motifs is 1. The van der Waals surface area contributed by atoms with Crippen LogP contribution in [0.5, 0.6) is 11.5 Å². The molecule has 0 aliphatic rings. The van der Waals surface area contributed by atoms with Crippen LogP contribution >= 0.6 is 0 Å². The Morgan fingerprint density at radius 2 is 1.90 bits per heavy atom. The maximum atomic E-state index is 12.3. The predicted octanol–water partition coefficient (Wildman–Crippen LogP) is 3.56. The number of urea groups is 1. The molecule has 3 amide bonds. The van der Waals surface area contributed by atoms with Gasteiger partial charge in [-0.1, -0.05) is 0 Å². The van der Waals surface area contributed by atoms with Crippen molar-refractivity contribution >= 4 is 28.8 Å². The summed E-state index contributed by atoms with van der Waals surface area (Å²) in [5, 5.41) is 8.96. The largest absolute Gasteiger partial charge is 0.457 e. The first-order chi connectivity index (χ1) is 14.6. The number of ether oxygens (including phenoxy) is 2. The third-order valence-corrected chi connectivity index (χ3v) is 4.15. The molecule has 9 heteroatoms. The Morgan fingerprint density at radius 3 is 2.70 bits per heavy atom. The Bertz CT molecular complexity index is 1020. The average molecular weight is 411 g/mol. The molecule has 0 saturated carbocycles. The molecule has 0 spiro atoms. The molecule has 0 aliphatic carbocycles. The third-order valence-electron chi connectivity index (χ3n) is 4.15. The van der Waals surface area contributed by atoms with Crippen LogP contribution in [0.3, 0.4) is 0 Å². The maximum Gasteiger partial charge on any atom is 0.326 e. The quantitative estimate of drug-likeness (QED) is 0.492. The molecule has 3 aromatic rings. The normalized spacial score (nSPS) is 10.6. The molecule has 2 aromatic heterocycles. The summed E-state index contributed by atoms with van der Waals surface area (Å²) in [6.07, 6.45) is 3.27. The summed E-state index contributed by atoms with van der Waals surface area (Å²) in [5.41, 5.74) is 0.768. The van der Waals surface area contributed by atoms with E-state index in [1.165, 1.54) is 0 Å². The molecule has 0 unspecified atom stereocenters. The van der Waals surface area contributed by atoms with E-state index >= 15 is 0 Å². The topological polar surface area (TPSA) is 107 Å². The molecule has 0 aliphatic heterocycles. The molecule has 0 saturated heterocycles. The maximum absolute atomic E-state index is 12.3. The first-order valence-electron chi connectivity index (χ1n) is 9.76. The van der Waals surface area contributed by atoms with Crippen LogP contribution in [0.25, 0.3) is 10.9 Å². The van der Waals surface area contributed by atoms with Gasteiger partial charge in [0, 0.05) is 43.5 Å². The number of benzene rings is 1. The number of nitrogens with zero attached hydrogens (tertiary/aromatic N) is 2. The van der Waals surface area contributed by atoms with Gasteiger partial charge >= 0.3 is 12.1 Å². The van der Waals surface area contributed by atoms with Gasteiger partial charge in [-0.3, -0.25) is 9.88 Å². The number of rotatable bonds is 8. The number of hydrogen-bond acceptors (Lipinski definition) is 5. The number of amides is 3. The van der Waals surface area contributed by atoms with Crippen LogP contribution in [0.1, 0.15) is 13.8 Å². The van der Waals surface area contributed by atoms with Crippen molar-refractivity contribution in [2.75, 3.05) is 31.6 Å². The molecule has 158 valence electrons. The first kappa shape index (κ1) is 21.1. The summed E-state index contributed by atoms with van der Waals surface area (Å²) < 4.78 is 12.7. The Labute approximate surface area is 174 Å². The highest BCUT2D eigenvalue weighted by molar-refractivity contribution is 5.92. The van der Waals surface area contributed by atoms with Crippen LogP contribution in [-0.4, -0.2) is 47.9 Å².